The summed E-state index contributed by atoms with van der Waals surface area (Å²) in [6.07, 6.45) is 0. The van der Waals surface area contributed by atoms with Crippen molar-refractivity contribution in [2.45, 2.75) is 12.6 Å². The summed E-state index contributed by atoms with van der Waals surface area (Å²) < 4.78 is 0. The zero-order chi connectivity index (χ0) is 12.8. The van der Waals surface area contributed by atoms with Gasteiger partial charge in [-0.1, -0.05) is 30.3 Å². The standard InChI is InChI=1S/C14H17NO2S/c16-8-13(9-17)15-7-14-6-12(10-18-14)11-4-2-1-3-5-11/h1-6,10,13,15-17H,7-9H2. The van der Waals surface area contributed by atoms with Gasteiger partial charge < -0.3 is 15.5 Å². The quantitative estimate of drug-likeness (QED) is 0.745. The van der Waals surface area contributed by atoms with Crippen LogP contribution in [-0.2, 0) is 6.54 Å². The molecule has 18 heavy (non-hydrogen) atoms. The number of thiophene rings is 1. The van der Waals surface area contributed by atoms with Gasteiger partial charge in [-0.2, -0.15) is 0 Å². The lowest BCUT2D eigenvalue weighted by Gasteiger charge is -2.11. The molecule has 0 saturated heterocycles. The predicted octanol–water partition coefficient (Wildman–Crippen LogP) is 1.86. The SMILES string of the molecule is OCC(CO)NCc1cc(-c2ccccc2)cs1. The van der Waals surface area contributed by atoms with Crippen LogP contribution in [0.25, 0.3) is 11.1 Å². The minimum absolute atomic E-state index is 0.0482. The van der Waals surface area contributed by atoms with E-state index in [0.717, 1.165) is 0 Å². The molecule has 0 aliphatic rings. The minimum atomic E-state index is -0.243. The predicted molar refractivity (Wildman–Crippen MR) is 74.6 cm³/mol. The van der Waals surface area contributed by atoms with Crippen LogP contribution >= 0.6 is 11.3 Å². The second kappa shape index (κ2) is 6.66. The maximum absolute atomic E-state index is 8.97. The van der Waals surface area contributed by atoms with Crippen molar-refractivity contribution in [2.24, 2.45) is 0 Å². The number of rotatable bonds is 6. The van der Waals surface area contributed by atoms with Gasteiger partial charge >= 0.3 is 0 Å². The van der Waals surface area contributed by atoms with Crippen LogP contribution in [0.4, 0.5) is 0 Å². The van der Waals surface area contributed by atoms with Crippen LogP contribution in [0, 0.1) is 0 Å². The highest BCUT2D eigenvalue weighted by molar-refractivity contribution is 7.10. The van der Waals surface area contributed by atoms with Crippen LogP contribution in [0.5, 0.6) is 0 Å². The Morgan fingerprint density at radius 2 is 1.78 bits per heavy atom. The Morgan fingerprint density at radius 1 is 1.06 bits per heavy atom. The second-order valence-electron chi connectivity index (χ2n) is 4.11. The summed E-state index contributed by atoms with van der Waals surface area (Å²) in [7, 11) is 0. The molecule has 0 spiro atoms. The van der Waals surface area contributed by atoms with Crippen molar-refractivity contribution in [3.05, 3.63) is 46.7 Å². The van der Waals surface area contributed by atoms with Crippen molar-refractivity contribution in [1.29, 1.82) is 0 Å². The minimum Gasteiger partial charge on any atom is -0.395 e. The number of hydrogen-bond donors (Lipinski definition) is 3. The van der Waals surface area contributed by atoms with Crippen molar-refractivity contribution in [1.82, 2.24) is 5.32 Å². The third kappa shape index (κ3) is 3.40. The first-order valence-corrected chi connectivity index (χ1v) is 6.79. The van der Waals surface area contributed by atoms with E-state index in [1.54, 1.807) is 11.3 Å². The first-order valence-electron chi connectivity index (χ1n) is 5.91. The molecule has 0 fully saturated rings. The Labute approximate surface area is 111 Å². The molecular formula is C14H17NO2S. The molecule has 96 valence electrons. The monoisotopic (exact) mass is 263 g/mol. The van der Waals surface area contributed by atoms with Crippen LogP contribution in [0.1, 0.15) is 4.88 Å². The van der Waals surface area contributed by atoms with Crippen LogP contribution < -0.4 is 5.32 Å². The van der Waals surface area contributed by atoms with Crippen molar-refractivity contribution in [3.8, 4) is 11.1 Å². The number of hydrogen-bond acceptors (Lipinski definition) is 4. The van der Waals surface area contributed by atoms with E-state index in [9.17, 15) is 0 Å². The molecule has 1 aromatic heterocycles. The molecule has 0 aliphatic heterocycles. The number of aliphatic hydroxyl groups is 2. The molecule has 0 amide bonds. The van der Waals surface area contributed by atoms with Crippen LogP contribution in [0.2, 0.25) is 0 Å². The smallest absolute Gasteiger partial charge is 0.0607 e. The fraction of sp³-hybridized carbons (Fsp3) is 0.286. The second-order valence-corrected chi connectivity index (χ2v) is 5.11. The molecule has 0 atom stereocenters. The van der Waals surface area contributed by atoms with E-state index in [1.165, 1.54) is 16.0 Å². The molecule has 2 rings (SSSR count). The average molecular weight is 263 g/mol. The van der Waals surface area contributed by atoms with Gasteiger partial charge in [0.1, 0.15) is 0 Å². The zero-order valence-corrected chi connectivity index (χ0v) is 10.9. The Bertz CT molecular complexity index is 466. The molecule has 3 nitrogen and oxygen atoms in total. The third-order valence-corrected chi connectivity index (χ3v) is 3.70. The third-order valence-electron chi connectivity index (χ3n) is 2.77. The van der Waals surface area contributed by atoms with Crippen LogP contribution in [0.15, 0.2) is 41.8 Å². The van der Waals surface area contributed by atoms with Gasteiger partial charge in [-0.25, -0.2) is 0 Å². The lowest BCUT2D eigenvalue weighted by molar-refractivity contribution is 0.170. The summed E-state index contributed by atoms with van der Waals surface area (Å²) in [5, 5.41) is 23.2. The summed E-state index contributed by atoms with van der Waals surface area (Å²) in [5.74, 6) is 0. The Kier molecular flexibility index (Phi) is 4.90. The summed E-state index contributed by atoms with van der Waals surface area (Å²) in [5.41, 5.74) is 2.42. The van der Waals surface area contributed by atoms with Gasteiger partial charge in [0, 0.05) is 11.4 Å². The number of aliphatic hydroxyl groups excluding tert-OH is 2. The van der Waals surface area contributed by atoms with Gasteiger partial charge in [-0.15, -0.1) is 11.3 Å². The van der Waals surface area contributed by atoms with Crippen LogP contribution in [0.3, 0.4) is 0 Å². The number of benzene rings is 1. The summed E-state index contributed by atoms with van der Waals surface area (Å²) in [6, 6.07) is 12.1. The molecule has 0 bridgehead atoms. The Morgan fingerprint density at radius 3 is 2.44 bits per heavy atom. The molecule has 0 saturated carbocycles. The molecule has 0 aliphatic carbocycles. The maximum atomic E-state index is 8.97. The first-order chi connectivity index (χ1) is 8.83. The van der Waals surface area contributed by atoms with Gasteiger partial charge in [0.15, 0.2) is 0 Å². The largest absolute Gasteiger partial charge is 0.395 e. The topological polar surface area (TPSA) is 52.5 Å². The van der Waals surface area contributed by atoms with E-state index in [2.05, 4.69) is 28.9 Å². The van der Waals surface area contributed by atoms with E-state index in [4.69, 9.17) is 10.2 Å². The van der Waals surface area contributed by atoms with Gasteiger partial charge in [0.2, 0.25) is 0 Å². The zero-order valence-electron chi connectivity index (χ0n) is 10.0. The van der Waals surface area contributed by atoms with E-state index in [-0.39, 0.29) is 19.3 Å². The van der Waals surface area contributed by atoms with Crippen molar-refractivity contribution in [3.63, 3.8) is 0 Å². The van der Waals surface area contributed by atoms with Crippen LogP contribution in [-0.4, -0.2) is 29.5 Å². The highest BCUT2D eigenvalue weighted by atomic mass is 32.1. The molecule has 3 N–H and O–H groups in total. The summed E-state index contributed by atoms with van der Waals surface area (Å²) in [6.45, 7) is 0.574. The Hall–Kier alpha value is -1.20. The molecule has 0 unspecified atom stereocenters. The number of nitrogens with one attached hydrogen (secondary N) is 1. The lowest BCUT2D eigenvalue weighted by Crippen LogP contribution is -2.34. The Balaban J connectivity index is 1.98. The van der Waals surface area contributed by atoms with Crippen molar-refractivity contribution >= 4 is 11.3 Å². The molecular weight excluding hydrogens is 246 g/mol. The average Bonchev–Trinajstić information content (AvgIpc) is 2.90. The van der Waals surface area contributed by atoms with E-state index in [0.29, 0.717) is 6.54 Å². The van der Waals surface area contributed by atoms with Gasteiger partial charge in [0.25, 0.3) is 0 Å². The highest BCUT2D eigenvalue weighted by Gasteiger charge is 2.06. The highest BCUT2D eigenvalue weighted by Crippen LogP contribution is 2.25. The first kappa shape index (κ1) is 13.2. The lowest BCUT2D eigenvalue weighted by atomic mass is 10.1. The fourth-order valence-corrected chi connectivity index (χ4v) is 2.53. The van der Waals surface area contributed by atoms with Gasteiger partial charge in [-0.3, -0.25) is 0 Å². The maximum Gasteiger partial charge on any atom is 0.0607 e. The van der Waals surface area contributed by atoms with Gasteiger partial charge in [0.05, 0.1) is 19.3 Å². The van der Waals surface area contributed by atoms with E-state index < -0.39 is 0 Å². The molecule has 1 heterocycles. The van der Waals surface area contributed by atoms with Crippen molar-refractivity contribution < 1.29 is 10.2 Å². The summed E-state index contributed by atoms with van der Waals surface area (Å²) in [4.78, 5) is 1.20. The normalized spacial score (nSPS) is 11.1. The van der Waals surface area contributed by atoms with E-state index >= 15 is 0 Å². The molecule has 4 heteroatoms. The fourth-order valence-electron chi connectivity index (χ4n) is 1.69. The summed E-state index contributed by atoms with van der Waals surface area (Å²) >= 11 is 1.68. The molecule has 2 aromatic rings. The van der Waals surface area contributed by atoms with Gasteiger partial charge in [-0.05, 0) is 22.6 Å². The van der Waals surface area contributed by atoms with E-state index in [1.807, 2.05) is 18.2 Å². The molecule has 0 radical (unpaired) electrons. The van der Waals surface area contributed by atoms with Crippen molar-refractivity contribution in [2.75, 3.05) is 13.2 Å². The molecule has 1 aromatic carbocycles.